The first-order valence-electron chi connectivity index (χ1n) is 5.36. The summed E-state index contributed by atoms with van der Waals surface area (Å²) in [4.78, 5) is 19.4. The summed E-state index contributed by atoms with van der Waals surface area (Å²) in [6.07, 6.45) is 5.15. The van der Waals surface area contributed by atoms with E-state index in [4.69, 9.17) is 6.42 Å². The highest BCUT2D eigenvalue weighted by Gasteiger charge is 2.10. The molecule has 0 unspecified atom stereocenters. The lowest BCUT2D eigenvalue weighted by atomic mass is 10.4. The first kappa shape index (κ1) is 14.3. The van der Waals surface area contributed by atoms with Crippen molar-refractivity contribution in [3.8, 4) is 12.3 Å². The number of carbonyl (C=O) groups excluding carboxylic acids is 1. The molecule has 0 aliphatic heterocycles. The van der Waals surface area contributed by atoms with Gasteiger partial charge in [-0.25, -0.2) is 14.8 Å². The molecular weight excluding hydrogens is 250 g/mol. The predicted octanol–water partition coefficient (Wildman–Crippen LogP) is 1.35. The molecule has 0 fully saturated rings. The fraction of sp³-hybridized carbons (Fsp3) is 0.417. The number of anilines is 1. The van der Waals surface area contributed by atoms with Crippen LogP contribution in [0.5, 0.6) is 0 Å². The van der Waals surface area contributed by atoms with Gasteiger partial charge in [0.25, 0.3) is 0 Å². The van der Waals surface area contributed by atoms with Crippen LogP contribution in [0.15, 0.2) is 6.07 Å². The number of esters is 1. The van der Waals surface area contributed by atoms with E-state index in [1.54, 1.807) is 24.8 Å². The minimum atomic E-state index is -0.538. The number of terminal acetylenes is 1. The van der Waals surface area contributed by atoms with Crippen LogP contribution >= 0.6 is 11.8 Å². The van der Waals surface area contributed by atoms with Gasteiger partial charge in [0.15, 0.2) is 0 Å². The highest BCUT2D eigenvalue weighted by Crippen LogP contribution is 2.07. The van der Waals surface area contributed by atoms with Crippen LogP contribution in [0.3, 0.4) is 0 Å². The fourth-order valence-corrected chi connectivity index (χ4v) is 1.73. The summed E-state index contributed by atoms with van der Waals surface area (Å²) in [5.41, 5.74) is 0.712. The number of carbonyl (C=O) groups is 1. The third-order valence-corrected chi connectivity index (χ3v) is 2.82. The molecule has 6 heteroatoms. The number of ether oxygens (including phenoxy) is 1. The Labute approximate surface area is 111 Å². The zero-order valence-corrected chi connectivity index (χ0v) is 11.2. The van der Waals surface area contributed by atoms with Crippen molar-refractivity contribution in [2.24, 2.45) is 0 Å². The molecule has 0 radical (unpaired) electrons. The van der Waals surface area contributed by atoms with Crippen LogP contribution in [0.2, 0.25) is 0 Å². The van der Waals surface area contributed by atoms with Gasteiger partial charge in [0.2, 0.25) is 5.82 Å². The van der Waals surface area contributed by atoms with Crippen molar-refractivity contribution >= 4 is 23.5 Å². The number of aryl methyl sites for hydroxylation is 1. The number of nitrogens with one attached hydrogen (secondary N) is 1. The van der Waals surface area contributed by atoms with Gasteiger partial charge >= 0.3 is 5.97 Å². The monoisotopic (exact) mass is 265 g/mol. The summed E-state index contributed by atoms with van der Waals surface area (Å²) in [5, 5.41) is 3.12. The van der Waals surface area contributed by atoms with E-state index in [-0.39, 0.29) is 5.82 Å². The second kappa shape index (κ2) is 7.56. The van der Waals surface area contributed by atoms with E-state index in [0.29, 0.717) is 17.3 Å². The largest absolute Gasteiger partial charge is 0.463 e. The Kier molecular flexibility index (Phi) is 6.01. The quantitative estimate of drug-likeness (QED) is 0.476. The maximum absolute atomic E-state index is 11.3. The number of methoxy groups -OCH3 is 1. The number of rotatable bonds is 6. The Morgan fingerprint density at radius 3 is 3.06 bits per heavy atom. The van der Waals surface area contributed by atoms with E-state index < -0.39 is 5.97 Å². The average Bonchev–Trinajstić information content (AvgIpc) is 2.37. The Morgan fingerprint density at radius 2 is 2.39 bits per heavy atom. The summed E-state index contributed by atoms with van der Waals surface area (Å²) >= 11 is 1.66. The molecule has 0 aromatic carbocycles. The van der Waals surface area contributed by atoms with Gasteiger partial charge in [-0.3, -0.25) is 0 Å². The molecule has 0 saturated heterocycles. The molecule has 5 nitrogen and oxygen atoms in total. The average molecular weight is 265 g/mol. The van der Waals surface area contributed by atoms with Crippen LogP contribution in [0.25, 0.3) is 0 Å². The maximum atomic E-state index is 11.3. The number of nitrogens with zero attached hydrogens (tertiary/aromatic N) is 2. The topological polar surface area (TPSA) is 64.1 Å². The van der Waals surface area contributed by atoms with Gasteiger partial charge in [-0.05, 0) is 6.92 Å². The highest BCUT2D eigenvalue weighted by atomic mass is 32.2. The molecule has 1 aromatic heterocycles. The second-order valence-corrected chi connectivity index (χ2v) is 4.50. The Morgan fingerprint density at radius 1 is 1.61 bits per heavy atom. The van der Waals surface area contributed by atoms with Crippen LogP contribution in [0.1, 0.15) is 16.3 Å². The van der Waals surface area contributed by atoms with Crippen molar-refractivity contribution in [1.29, 1.82) is 0 Å². The maximum Gasteiger partial charge on any atom is 0.376 e. The normalized spacial score (nSPS) is 9.61. The molecule has 0 atom stereocenters. The third kappa shape index (κ3) is 4.63. The van der Waals surface area contributed by atoms with Crippen LogP contribution in [-0.4, -0.2) is 41.1 Å². The summed E-state index contributed by atoms with van der Waals surface area (Å²) in [5.74, 6) is 4.27. The Hall–Kier alpha value is -1.74. The van der Waals surface area contributed by atoms with Crippen molar-refractivity contribution in [1.82, 2.24) is 9.97 Å². The second-order valence-electron chi connectivity index (χ2n) is 3.39. The lowest BCUT2D eigenvalue weighted by Crippen LogP contribution is -2.12. The van der Waals surface area contributed by atoms with E-state index in [0.717, 1.165) is 12.3 Å². The molecule has 96 valence electrons. The first-order chi connectivity index (χ1) is 8.67. The Bertz CT molecular complexity index is 457. The Balaban J connectivity index is 2.58. The highest BCUT2D eigenvalue weighted by molar-refractivity contribution is 7.99. The first-order valence-corrected chi connectivity index (χ1v) is 6.52. The standard InChI is InChI=1S/C12H15N3O2S/c1-4-6-18-7-5-13-10-8-9(2)14-11(15-10)12(16)17-3/h1,8H,5-7H2,2-3H3,(H,13,14,15). The van der Waals surface area contributed by atoms with Crippen LogP contribution in [0.4, 0.5) is 5.82 Å². The molecule has 1 aromatic rings. The molecule has 0 spiro atoms. The zero-order valence-electron chi connectivity index (χ0n) is 10.4. The van der Waals surface area contributed by atoms with Crippen LogP contribution in [0, 0.1) is 19.3 Å². The van der Waals surface area contributed by atoms with Gasteiger partial charge in [0.1, 0.15) is 5.82 Å². The third-order valence-electron chi connectivity index (χ3n) is 1.96. The van der Waals surface area contributed by atoms with Crippen molar-refractivity contribution < 1.29 is 9.53 Å². The molecular formula is C12H15N3O2S. The molecule has 18 heavy (non-hydrogen) atoms. The van der Waals surface area contributed by atoms with E-state index >= 15 is 0 Å². The smallest absolute Gasteiger partial charge is 0.376 e. The summed E-state index contributed by atoms with van der Waals surface area (Å²) < 4.78 is 4.59. The summed E-state index contributed by atoms with van der Waals surface area (Å²) in [7, 11) is 1.30. The van der Waals surface area contributed by atoms with E-state index in [1.807, 2.05) is 0 Å². The molecule has 0 bridgehead atoms. The van der Waals surface area contributed by atoms with E-state index in [2.05, 4.69) is 25.9 Å². The SMILES string of the molecule is C#CCSCCNc1cc(C)nc(C(=O)OC)n1. The number of aromatic nitrogens is 2. The zero-order chi connectivity index (χ0) is 13.4. The number of thioether (sulfide) groups is 1. The number of hydrogen-bond acceptors (Lipinski definition) is 6. The minimum absolute atomic E-state index is 0.0660. The molecule has 1 N–H and O–H groups in total. The van der Waals surface area contributed by atoms with Crippen molar-refractivity contribution in [3.05, 3.63) is 17.6 Å². The van der Waals surface area contributed by atoms with Crippen molar-refractivity contribution in [2.75, 3.05) is 30.5 Å². The van der Waals surface area contributed by atoms with Gasteiger partial charge < -0.3 is 10.1 Å². The molecule has 0 saturated carbocycles. The lowest BCUT2D eigenvalue weighted by Gasteiger charge is -2.07. The van der Waals surface area contributed by atoms with Gasteiger partial charge in [0, 0.05) is 24.1 Å². The molecule has 0 aliphatic rings. The van der Waals surface area contributed by atoms with E-state index in [1.165, 1.54) is 7.11 Å². The van der Waals surface area contributed by atoms with Crippen LogP contribution < -0.4 is 5.32 Å². The number of hydrogen-bond donors (Lipinski definition) is 1. The van der Waals surface area contributed by atoms with E-state index in [9.17, 15) is 4.79 Å². The predicted molar refractivity (Wildman–Crippen MR) is 72.8 cm³/mol. The van der Waals surface area contributed by atoms with Crippen LogP contribution in [-0.2, 0) is 4.74 Å². The fourth-order valence-electron chi connectivity index (χ4n) is 1.22. The van der Waals surface area contributed by atoms with Crippen molar-refractivity contribution in [3.63, 3.8) is 0 Å². The molecule has 0 aliphatic carbocycles. The lowest BCUT2D eigenvalue weighted by molar-refractivity contribution is 0.0586. The molecule has 0 amide bonds. The van der Waals surface area contributed by atoms with Gasteiger partial charge in [0.05, 0.1) is 12.9 Å². The van der Waals surface area contributed by atoms with Gasteiger partial charge in [-0.2, -0.15) is 0 Å². The molecule has 1 heterocycles. The summed E-state index contributed by atoms with van der Waals surface area (Å²) in [6, 6.07) is 1.78. The van der Waals surface area contributed by atoms with Gasteiger partial charge in [-0.15, -0.1) is 18.2 Å². The summed E-state index contributed by atoms with van der Waals surface area (Å²) in [6.45, 7) is 2.52. The van der Waals surface area contributed by atoms with Gasteiger partial charge in [-0.1, -0.05) is 5.92 Å². The van der Waals surface area contributed by atoms with Crippen molar-refractivity contribution in [2.45, 2.75) is 6.92 Å². The molecule has 1 rings (SSSR count). The minimum Gasteiger partial charge on any atom is -0.463 e.